The Labute approximate surface area is 160 Å². The van der Waals surface area contributed by atoms with Gasteiger partial charge in [-0.1, -0.05) is 48.0 Å². The molecule has 0 saturated heterocycles. The van der Waals surface area contributed by atoms with Crippen molar-refractivity contribution >= 4 is 34.0 Å². The second-order valence-electron chi connectivity index (χ2n) is 6.05. The largest absolute Gasteiger partial charge is 0.477 e. The molecule has 0 saturated carbocycles. The van der Waals surface area contributed by atoms with Crippen LogP contribution in [0.1, 0.15) is 18.5 Å². The summed E-state index contributed by atoms with van der Waals surface area (Å²) in [7, 11) is 0. The lowest BCUT2D eigenvalue weighted by atomic mass is 10.0. The Hall–Kier alpha value is -3.12. The van der Waals surface area contributed by atoms with Crippen LogP contribution in [0.4, 0.5) is 5.69 Å². The Morgan fingerprint density at radius 3 is 2.63 bits per heavy atom. The summed E-state index contributed by atoms with van der Waals surface area (Å²) in [6.45, 7) is 1.53. The number of ether oxygens (including phenoxy) is 1. The van der Waals surface area contributed by atoms with E-state index in [0.29, 0.717) is 0 Å². The fraction of sp³-hybridized carbons (Fsp3) is 0.150. The van der Waals surface area contributed by atoms with E-state index in [1.165, 1.54) is 18.2 Å². The zero-order valence-electron chi connectivity index (χ0n) is 14.5. The number of amides is 1. The Kier molecular flexibility index (Phi) is 5.57. The van der Waals surface area contributed by atoms with Crippen LogP contribution in [-0.4, -0.2) is 17.4 Å². The minimum absolute atomic E-state index is 0.00194. The van der Waals surface area contributed by atoms with Crippen molar-refractivity contribution in [2.24, 2.45) is 0 Å². The number of fused-ring (bicyclic) bond motifs is 1. The van der Waals surface area contributed by atoms with Crippen LogP contribution in [0.25, 0.3) is 10.8 Å². The van der Waals surface area contributed by atoms with Gasteiger partial charge in [0.25, 0.3) is 5.91 Å². The standard InChI is InChI=1S/C20H17ClN2O4/c1-13(15-7-6-14-4-2-3-5-16(14)10-15)22-20(24)12-27-19-9-8-17(21)11-18(19)23(25)26/h2-11,13H,12H2,1H3,(H,22,24)/t13-/m1/s1. The van der Waals surface area contributed by atoms with Crippen LogP contribution in [0.3, 0.4) is 0 Å². The van der Waals surface area contributed by atoms with E-state index in [0.717, 1.165) is 16.3 Å². The van der Waals surface area contributed by atoms with Crippen LogP contribution in [0.2, 0.25) is 5.02 Å². The maximum atomic E-state index is 12.2. The molecule has 0 aliphatic rings. The lowest BCUT2D eigenvalue weighted by Gasteiger charge is -2.15. The van der Waals surface area contributed by atoms with E-state index in [9.17, 15) is 14.9 Å². The van der Waals surface area contributed by atoms with Gasteiger partial charge in [0.1, 0.15) is 0 Å². The molecular weight excluding hydrogens is 368 g/mol. The molecule has 3 aromatic rings. The predicted octanol–water partition coefficient (Wildman–Crippen LogP) is 4.66. The van der Waals surface area contributed by atoms with Gasteiger partial charge in [-0.05, 0) is 41.5 Å². The van der Waals surface area contributed by atoms with Crippen LogP contribution >= 0.6 is 11.6 Å². The number of nitro groups is 1. The summed E-state index contributed by atoms with van der Waals surface area (Å²) in [6, 6.07) is 17.7. The predicted molar refractivity (Wildman–Crippen MR) is 104 cm³/mol. The average Bonchev–Trinajstić information content (AvgIpc) is 2.66. The fourth-order valence-corrected chi connectivity index (χ4v) is 2.91. The first kappa shape index (κ1) is 18.7. The molecule has 138 valence electrons. The molecule has 0 aliphatic heterocycles. The second-order valence-corrected chi connectivity index (χ2v) is 6.49. The number of benzene rings is 3. The van der Waals surface area contributed by atoms with Crippen molar-refractivity contribution in [3.8, 4) is 5.75 Å². The third-order valence-electron chi connectivity index (χ3n) is 4.13. The molecule has 0 heterocycles. The topological polar surface area (TPSA) is 81.5 Å². The molecule has 0 bridgehead atoms. The molecule has 27 heavy (non-hydrogen) atoms. The highest BCUT2D eigenvalue weighted by Crippen LogP contribution is 2.29. The van der Waals surface area contributed by atoms with Gasteiger partial charge in [-0.3, -0.25) is 14.9 Å². The molecule has 0 radical (unpaired) electrons. The lowest BCUT2D eigenvalue weighted by molar-refractivity contribution is -0.385. The zero-order chi connectivity index (χ0) is 19.4. The highest BCUT2D eigenvalue weighted by Gasteiger charge is 2.17. The number of nitrogens with zero attached hydrogens (tertiary/aromatic N) is 1. The summed E-state index contributed by atoms with van der Waals surface area (Å²) in [5.74, 6) is -0.377. The Morgan fingerprint density at radius 2 is 1.89 bits per heavy atom. The maximum Gasteiger partial charge on any atom is 0.312 e. The molecule has 0 unspecified atom stereocenters. The first-order valence-electron chi connectivity index (χ1n) is 8.29. The number of carbonyl (C=O) groups is 1. The summed E-state index contributed by atoms with van der Waals surface area (Å²) in [5.41, 5.74) is 0.678. The number of nitrogens with one attached hydrogen (secondary N) is 1. The minimum atomic E-state index is -0.600. The van der Waals surface area contributed by atoms with Gasteiger partial charge in [-0.2, -0.15) is 0 Å². The Morgan fingerprint density at radius 1 is 1.15 bits per heavy atom. The van der Waals surface area contributed by atoms with Crippen molar-refractivity contribution < 1.29 is 14.5 Å². The molecule has 3 aromatic carbocycles. The van der Waals surface area contributed by atoms with Crippen LogP contribution in [0.5, 0.6) is 5.75 Å². The summed E-state index contributed by atoms with van der Waals surface area (Å²) in [4.78, 5) is 22.6. The summed E-state index contributed by atoms with van der Waals surface area (Å²) < 4.78 is 5.31. The van der Waals surface area contributed by atoms with Crippen molar-refractivity contribution in [2.45, 2.75) is 13.0 Å². The summed E-state index contributed by atoms with van der Waals surface area (Å²) >= 11 is 5.76. The van der Waals surface area contributed by atoms with Gasteiger partial charge in [-0.15, -0.1) is 0 Å². The minimum Gasteiger partial charge on any atom is -0.477 e. The van der Waals surface area contributed by atoms with Crippen LogP contribution in [0.15, 0.2) is 60.7 Å². The van der Waals surface area contributed by atoms with Gasteiger partial charge < -0.3 is 10.1 Å². The van der Waals surface area contributed by atoms with Crippen LogP contribution in [0, 0.1) is 10.1 Å². The number of rotatable bonds is 6. The van der Waals surface area contributed by atoms with Crippen LogP contribution in [-0.2, 0) is 4.79 Å². The van der Waals surface area contributed by atoms with Crippen LogP contribution < -0.4 is 10.1 Å². The highest BCUT2D eigenvalue weighted by molar-refractivity contribution is 6.30. The maximum absolute atomic E-state index is 12.2. The van der Waals surface area contributed by atoms with E-state index in [-0.39, 0.29) is 35.0 Å². The van der Waals surface area contributed by atoms with Crippen molar-refractivity contribution in [2.75, 3.05) is 6.61 Å². The lowest BCUT2D eigenvalue weighted by Crippen LogP contribution is -2.31. The first-order valence-corrected chi connectivity index (χ1v) is 8.66. The molecular formula is C20H17ClN2O4. The fourth-order valence-electron chi connectivity index (χ4n) is 2.74. The number of halogens is 1. The molecule has 1 amide bonds. The molecule has 0 fully saturated rings. The zero-order valence-corrected chi connectivity index (χ0v) is 15.3. The first-order chi connectivity index (χ1) is 12.9. The Bertz CT molecular complexity index is 1010. The second kappa shape index (κ2) is 8.05. The normalized spacial score (nSPS) is 11.8. The quantitative estimate of drug-likeness (QED) is 0.495. The molecule has 6 nitrogen and oxygen atoms in total. The number of nitro benzene ring substituents is 1. The van der Waals surface area contributed by atoms with E-state index < -0.39 is 4.92 Å². The third kappa shape index (κ3) is 4.54. The molecule has 0 aromatic heterocycles. The monoisotopic (exact) mass is 384 g/mol. The van der Waals surface area contributed by atoms with E-state index in [2.05, 4.69) is 5.32 Å². The number of carbonyl (C=O) groups excluding carboxylic acids is 1. The SMILES string of the molecule is C[C@@H](NC(=O)COc1ccc(Cl)cc1[N+](=O)[O-])c1ccc2ccccc2c1. The number of hydrogen-bond acceptors (Lipinski definition) is 4. The van der Waals surface area contributed by atoms with Gasteiger partial charge >= 0.3 is 5.69 Å². The van der Waals surface area contributed by atoms with Crippen molar-refractivity contribution in [1.82, 2.24) is 5.32 Å². The molecule has 7 heteroatoms. The van der Waals surface area contributed by atoms with E-state index in [1.807, 2.05) is 49.4 Å². The van der Waals surface area contributed by atoms with Gasteiger partial charge in [0, 0.05) is 11.1 Å². The molecule has 1 atom stereocenters. The average molecular weight is 385 g/mol. The molecule has 3 rings (SSSR count). The molecule has 0 spiro atoms. The summed E-state index contributed by atoms with van der Waals surface area (Å²) in [5, 5.41) is 16.3. The van der Waals surface area contributed by atoms with Crippen molar-refractivity contribution in [3.63, 3.8) is 0 Å². The molecule has 1 N–H and O–H groups in total. The highest BCUT2D eigenvalue weighted by atomic mass is 35.5. The smallest absolute Gasteiger partial charge is 0.312 e. The summed E-state index contributed by atoms with van der Waals surface area (Å²) in [6.07, 6.45) is 0. The van der Waals surface area contributed by atoms with Crippen molar-refractivity contribution in [1.29, 1.82) is 0 Å². The Balaban J connectivity index is 1.64. The third-order valence-corrected chi connectivity index (χ3v) is 4.36. The van der Waals surface area contributed by atoms with E-state index in [1.54, 1.807) is 0 Å². The van der Waals surface area contributed by atoms with E-state index in [4.69, 9.17) is 16.3 Å². The van der Waals surface area contributed by atoms with Gasteiger partial charge in [0.15, 0.2) is 12.4 Å². The van der Waals surface area contributed by atoms with Gasteiger partial charge in [0.05, 0.1) is 11.0 Å². The molecule has 0 aliphatic carbocycles. The van der Waals surface area contributed by atoms with Gasteiger partial charge in [0.2, 0.25) is 0 Å². The van der Waals surface area contributed by atoms with E-state index >= 15 is 0 Å². The van der Waals surface area contributed by atoms with Crippen molar-refractivity contribution in [3.05, 3.63) is 81.4 Å². The van der Waals surface area contributed by atoms with Gasteiger partial charge in [-0.25, -0.2) is 0 Å². The number of hydrogen-bond donors (Lipinski definition) is 1.